The van der Waals surface area contributed by atoms with Gasteiger partial charge in [0.15, 0.2) is 0 Å². The lowest BCUT2D eigenvalue weighted by molar-refractivity contribution is 0.582. The summed E-state index contributed by atoms with van der Waals surface area (Å²) in [7, 11) is 1.96. The van der Waals surface area contributed by atoms with E-state index in [1.807, 2.05) is 78.3 Å². The second-order valence-corrected chi connectivity index (χ2v) is 8.85. The summed E-state index contributed by atoms with van der Waals surface area (Å²) in [5.74, 6) is -1.07. The molecule has 1 atom stereocenters. The van der Waals surface area contributed by atoms with Gasteiger partial charge in [-0.15, -0.1) is 11.8 Å². The lowest BCUT2D eigenvalue weighted by atomic mass is 9.98. The highest BCUT2D eigenvalue weighted by molar-refractivity contribution is 8.07. The van der Waals surface area contributed by atoms with Crippen LogP contribution in [-0.4, -0.2) is 19.3 Å². The average Bonchev–Trinajstić information content (AvgIpc) is 2.83. The SMILES string of the molecule is CC.CSC(=C(C)C)c1cc(F)cc(F)c1.C\C=C/C(=C\C=C\Cl)C(Cc1ccc(Cl)cc1)NC. The zero-order valence-corrected chi connectivity index (χ0v) is 24.0. The summed E-state index contributed by atoms with van der Waals surface area (Å²) in [6, 6.07) is 11.8. The van der Waals surface area contributed by atoms with E-state index in [9.17, 15) is 8.78 Å². The van der Waals surface area contributed by atoms with Crippen molar-refractivity contribution in [3.63, 3.8) is 0 Å². The Kier molecular flexibility index (Phi) is 18.3. The van der Waals surface area contributed by atoms with E-state index in [0.717, 1.165) is 28.0 Å². The predicted octanol–water partition coefficient (Wildman–Crippen LogP) is 9.83. The van der Waals surface area contributed by atoms with Crippen molar-refractivity contribution in [3.05, 3.63) is 111 Å². The van der Waals surface area contributed by atoms with Crippen LogP contribution in [0.25, 0.3) is 4.91 Å². The van der Waals surface area contributed by atoms with Crippen LogP contribution in [0.3, 0.4) is 0 Å². The Labute approximate surface area is 225 Å². The lowest BCUT2D eigenvalue weighted by Gasteiger charge is -2.17. The summed E-state index contributed by atoms with van der Waals surface area (Å²) in [5.41, 5.74) is 5.61. The normalized spacial score (nSPS) is 12.0. The zero-order valence-electron chi connectivity index (χ0n) is 21.6. The van der Waals surface area contributed by atoms with Gasteiger partial charge in [-0.3, -0.25) is 0 Å². The summed E-state index contributed by atoms with van der Waals surface area (Å²) in [6.07, 6.45) is 10.8. The molecule has 0 saturated carbocycles. The summed E-state index contributed by atoms with van der Waals surface area (Å²) in [6.45, 7) is 9.86. The fourth-order valence-corrected chi connectivity index (χ4v) is 4.13. The molecule has 0 aliphatic rings. The first-order valence-electron chi connectivity index (χ1n) is 11.4. The Hall–Kier alpha value is -1.85. The van der Waals surface area contributed by atoms with Crippen molar-refractivity contribution in [2.45, 2.75) is 47.1 Å². The second kappa shape index (κ2) is 19.4. The number of rotatable bonds is 8. The molecule has 1 unspecified atom stereocenters. The number of hydrogen-bond donors (Lipinski definition) is 1. The van der Waals surface area contributed by atoms with Crippen LogP contribution < -0.4 is 5.32 Å². The van der Waals surface area contributed by atoms with E-state index in [1.54, 1.807) is 0 Å². The Morgan fingerprint density at radius 3 is 2.06 bits per heavy atom. The molecule has 0 aromatic heterocycles. The van der Waals surface area contributed by atoms with Crippen molar-refractivity contribution in [1.82, 2.24) is 5.32 Å². The molecular weight excluding hydrogens is 503 g/mol. The Morgan fingerprint density at radius 1 is 1.06 bits per heavy atom. The molecule has 0 bridgehead atoms. The van der Waals surface area contributed by atoms with Gasteiger partial charge >= 0.3 is 0 Å². The first-order valence-corrected chi connectivity index (χ1v) is 13.5. The van der Waals surface area contributed by atoms with E-state index in [1.165, 1.54) is 40.6 Å². The molecule has 35 heavy (non-hydrogen) atoms. The van der Waals surface area contributed by atoms with Gasteiger partial charge in [0.1, 0.15) is 11.6 Å². The minimum Gasteiger partial charge on any atom is -0.313 e. The predicted molar refractivity (Wildman–Crippen MR) is 155 cm³/mol. The maximum Gasteiger partial charge on any atom is 0.126 e. The van der Waals surface area contributed by atoms with Crippen LogP contribution in [0.4, 0.5) is 8.78 Å². The molecule has 192 valence electrons. The van der Waals surface area contributed by atoms with E-state index in [-0.39, 0.29) is 6.04 Å². The van der Waals surface area contributed by atoms with Crippen molar-refractivity contribution >= 4 is 39.9 Å². The topological polar surface area (TPSA) is 12.0 Å². The minimum absolute atomic E-state index is 0.241. The third-order valence-corrected chi connectivity index (χ3v) is 6.06. The molecule has 1 nitrogen and oxygen atoms in total. The molecule has 6 heteroatoms. The molecule has 0 radical (unpaired) electrons. The standard InChI is InChI=1S/C16H19Cl2N.C11H12F2S.C2H6/c1-3-5-14(6-4-11-17)16(19-2)12-13-7-9-15(18)10-8-13;1-7(2)11(14-3)8-4-9(12)6-10(13)5-8;1-2/h3-11,16,19H,12H2,1-2H3;4-6H,1-3H3;1-2H3/b5-3-,11-4+,14-6+;;. The summed E-state index contributed by atoms with van der Waals surface area (Å²) in [4.78, 5) is 0.920. The van der Waals surface area contributed by atoms with Crippen molar-refractivity contribution in [1.29, 1.82) is 0 Å². The molecular formula is C29H37Cl2F2NS. The molecule has 0 saturated heterocycles. The molecule has 0 aliphatic heterocycles. The first-order chi connectivity index (χ1) is 16.7. The number of thioether (sulfide) groups is 1. The molecule has 0 fully saturated rings. The van der Waals surface area contributed by atoms with E-state index in [0.29, 0.717) is 5.56 Å². The molecule has 0 amide bonds. The van der Waals surface area contributed by atoms with E-state index >= 15 is 0 Å². The Morgan fingerprint density at radius 2 is 1.63 bits per heavy atom. The highest BCUT2D eigenvalue weighted by atomic mass is 35.5. The molecule has 0 spiro atoms. The van der Waals surface area contributed by atoms with E-state index in [2.05, 4.69) is 23.5 Å². The number of benzene rings is 2. The van der Waals surface area contributed by atoms with Crippen LogP contribution in [0, 0.1) is 11.6 Å². The molecule has 0 aliphatic carbocycles. The molecule has 2 aromatic carbocycles. The number of hydrogen-bond acceptors (Lipinski definition) is 2. The Bertz CT molecular complexity index is 972. The van der Waals surface area contributed by atoms with Gasteiger partial charge in [-0.1, -0.05) is 79.1 Å². The third kappa shape index (κ3) is 13.1. The van der Waals surface area contributed by atoms with Crippen LogP contribution in [0.5, 0.6) is 0 Å². The first kappa shape index (κ1) is 33.1. The van der Waals surface area contributed by atoms with Gasteiger partial charge in [0.25, 0.3) is 0 Å². The Balaban J connectivity index is 0.000000641. The van der Waals surface area contributed by atoms with Crippen molar-refractivity contribution in [2.24, 2.45) is 0 Å². The summed E-state index contributed by atoms with van der Waals surface area (Å²) >= 11 is 13.0. The third-order valence-electron chi connectivity index (χ3n) is 4.61. The van der Waals surface area contributed by atoms with Crippen LogP contribution in [0.15, 0.2) is 83.5 Å². The number of likely N-dealkylation sites (N-methyl/N-ethyl adjacent to an activating group) is 1. The van der Waals surface area contributed by atoms with Gasteiger partial charge in [0.05, 0.1) is 0 Å². The van der Waals surface area contributed by atoms with Crippen LogP contribution in [-0.2, 0) is 6.42 Å². The van der Waals surface area contributed by atoms with Crippen molar-refractivity contribution in [2.75, 3.05) is 13.3 Å². The van der Waals surface area contributed by atoms with Crippen molar-refractivity contribution in [3.8, 4) is 0 Å². The highest BCUT2D eigenvalue weighted by Gasteiger charge is 2.10. The monoisotopic (exact) mass is 539 g/mol. The van der Waals surface area contributed by atoms with Gasteiger partial charge in [0, 0.05) is 27.6 Å². The largest absolute Gasteiger partial charge is 0.313 e. The highest BCUT2D eigenvalue weighted by Crippen LogP contribution is 2.29. The van der Waals surface area contributed by atoms with Gasteiger partial charge in [-0.2, -0.15) is 0 Å². The van der Waals surface area contributed by atoms with Crippen LogP contribution in [0.2, 0.25) is 5.02 Å². The maximum absolute atomic E-state index is 12.9. The number of nitrogens with one attached hydrogen (secondary N) is 1. The molecule has 1 N–H and O–H groups in total. The molecule has 2 aromatic rings. The lowest BCUT2D eigenvalue weighted by Crippen LogP contribution is -2.29. The second-order valence-electron chi connectivity index (χ2n) is 7.35. The van der Waals surface area contributed by atoms with Crippen LogP contribution in [0.1, 0.15) is 45.7 Å². The zero-order chi connectivity index (χ0) is 26.8. The van der Waals surface area contributed by atoms with Gasteiger partial charge in [-0.25, -0.2) is 8.78 Å². The van der Waals surface area contributed by atoms with E-state index < -0.39 is 11.6 Å². The smallest absolute Gasteiger partial charge is 0.126 e. The summed E-state index contributed by atoms with van der Waals surface area (Å²) < 4.78 is 25.8. The maximum atomic E-state index is 12.9. The van der Waals surface area contributed by atoms with Gasteiger partial charge < -0.3 is 5.32 Å². The number of allylic oxidation sites excluding steroid dienone is 4. The number of halogens is 4. The van der Waals surface area contributed by atoms with Crippen molar-refractivity contribution < 1.29 is 8.78 Å². The molecule has 0 heterocycles. The fourth-order valence-electron chi connectivity index (χ4n) is 3.17. The quantitative estimate of drug-likeness (QED) is 0.335. The van der Waals surface area contributed by atoms with Crippen LogP contribution >= 0.6 is 35.0 Å². The van der Waals surface area contributed by atoms with E-state index in [4.69, 9.17) is 23.2 Å². The van der Waals surface area contributed by atoms with Gasteiger partial charge in [0.2, 0.25) is 0 Å². The minimum atomic E-state index is -0.534. The summed E-state index contributed by atoms with van der Waals surface area (Å²) in [5, 5.41) is 4.09. The molecule has 2 rings (SSSR count). The average molecular weight is 541 g/mol. The van der Waals surface area contributed by atoms with Gasteiger partial charge in [-0.05, 0) is 81.5 Å². The fraction of sp³-hybridized carbons (Fsp3) is 0.310.